The molecule has 0 spiro atoms. The summed E-state index contributed by atoms with van der Waals surface area (Å²) >= 11 is 1.17. The first-order chi connectivity index (χ1) is 11.0. The van der Waals surface area contributed by atoms with Crippen LogP contribution in [0.15, 0.2) is 29.8 Å². The van der Waals surface area contributed by atoms with Crippen molar-refractivity contribution in [2.75, 3.05) is 18.0 Å². The van der Waals surface area contributed by atoms with Crippen LogP contribution in [0.2, 0.25) is 0 Å². The Bertz CT molecular complexity index is 749. The van der Waals surface area contributed by atoms with Crippen molar-refractivity contribution in [3.8, 4) is 0 Å². The lowest BCUT2D eigenvalue weighted by atomic mass is 10.2. The summed E-state index contributed by atoms with van der Waals surface area (Å²) in [7, 11) is 0. The number of nitrogens with zero attached hydrogens (tertiary/aromatic N) is 2. The van der Waals surface area contributed by atoms with Crippen molar-refractivity contribution in [2.24, 2.45) is 5.73 Å². The van der Waals surface area contributed by atoms with Crippen molar-refractivity contribution in [1.29, 1.82) is 0 Å². The summed E-state index contributed by atoms with van der Waals surface area (Å²) in [5.41, 5.74) is 5.50. The van der Waals surface area contributed by atoms with Gasteiger partial charge in [0, 0.05) is 30.7 Å². The van der Waals surface area contributed by atoms with Crippen LogP contribution in [-0.2, 0) is 0 Å². The van der Waals surface area contributed by atoms with E-state index >= 15 is 0 Å². The Morgan fingerprint density at radius 3 is 3.00 bits per heavy atom. The molecule has 3 N–H and O–H groups in total. The van der Waals surface area contributed by atoms with Gasteiger partial charge in [-0.2, -0.15) is 0 Å². The number of rotatable bonds is 4. The minimum atomic E-state index is -0.557. The van der Waals surface area contributed by atoms with E-state index in [2.05, 4.69) is 10.3 Å². The SMILES string of the molecule is NC(=O)c1csc(C(=O)NC2CCN(c3ncccc3F)C2)c1. The van der Waals surface area contributed by atoms with Gasteiger partial charge in [-0.05, 0) is 24.6 Å². The summed E-state index contributed by atoms with van der Waals surface area (Å²) in [6.45, 7) is 1.11. The number of nitrogens with one attached hydrogen (secondary N) is 1. The van der Waals surface area contributed by atoms with Crippen LogP contribution >= 0.6 is 11.3 Å². The van der Waals surface area contributed by atoms with Crippen molar-refractivity contribution in [2.45, 2.75) is 12.5 Å². The number of carbonyl (C=O) groups excluding carboxylic acids is 2. The molecule has 2 amide bonds. The number of hydrogen-bond acceptors (Lipinski definition) is 5. The van der Waals surface area contributed by atoms with E-state index in [-0.39, 0.29) is 17.8 Å². The van der Waals surface area contributed by atoms with Gasteiger partial charge in [-0.1, -0.05) is 0 Å². The first-order valence-electron chi connectivity index (χ1n) is 7.09. The molecular formula is C15H15FN4O2S. The lowest BCUT2D eigenvalue weighted by Crippen LogP contribution is -2.37. The highest BCUT2D eigenvalue weighted by atomic mass is 32.1. The van der Waals surface area contributed by atoms with E-state index in [9.17, 15) is 14.0 Å². The number of amides is 2. The topological polar surface area (TPSA) is 88.3 Å². The molecule has 0 aromatic carbocycles. The second kappa shape index (κ2) is 6.33. The minimum Gasteiger partial charge on any atom is -0.366 e. The van der Waals surface area contributed by atoms with E-state index in [4.69, 9.17) is 5.73 Å². The predicted molar refractivity (Wildman–Crippen MR) is 85.1 cm³/mol. The van der Waals surface area contributed by atoms with Gasteiger partial charge in [0.05, 0.1) is 10.4 Å². The highest BCUT2D eigenvalue weighted by Crippen LogP contribution is 2.21. The van der Waals surface area contributed by atoms with Crippen LogP contribution in [0.4, 0.5) is 10.2 Å². The standard InChI is InChI=1S/C15H15FN4O2S/c16-11-2-1-4-18-14(11)20-5-3-10(7-20)19-15(22)12-6-9(8-23-12)13(17)21/h1-2,4,6,8,10H,3,5,7H2,(H2,17,21)(H,19,22). The van der Waals surface area contributed by atoms with E-state index < -0.39 is 5.91 Å². The molecule has 2 aromatic rings. The van der Waals surface area contributed by atoms with Gasteiger partial charge in [-0.3, -0.25) is 9.59 Å². The van der Waals surface area contributed by atoms with Crippen LogP contribution < -0.4 is 16.0 Å². The summed E-state index contributed by atoms with van der Waals surface area (Å²) in [5.74, 6) is -0.881. The van der Waals surface area contributed by atoms with Crippen LogP contribution in [-0.4, -0.2) is 35.9 Å². The summed E-state index contributed by atoms with van der Waals surface area (Å²) in [5, 5.41) is 4.45. The number of anilines is 1. The van der Waals surface area contributed by atoms with Gasteiger partial charge >= 0.3 is 0 Å². The van der Waals surface area contributed by atoms with Gasteiger partial charge in [-0.15, -0.1) is 11.3 Å². The summed E-state index contributed by atoms with van der Waals surface area (Å²) in [6, 6.07) is 4.29. The smallest absolute Gasteiger partial charge is 0.261 e. The molecule has 0 saturated carbocycles. The highest BCUT2D eigenvalue weighted by Gasteiger charge is 2.27. The molecule has 0 bridgehead atoms. The fourth-order valence-electron chi connectivity index (χ4n) is 2.52. The lowest BCUT2D eigenvalue weighted by molar-refractivity contribution is 0.0944. The quantitative estimate of drug-likeness (QED) is 0.884. The Balaban J connectivity index is 1.62. The number of halogens is 1. The molecule has 120 valence electrons. The number of pyridine rings is 1. The van der Waals surface area contributed by atoms with Crippen LogP contribution in [0.3, 0.4) is 0 Å². The molecule has 23 heavy (non-hydrogen) atoms. The molecule has 0 radical (unpaired) electrons. The monoisotopic (exact) mass is 334 g/mol. The van der Waals surface area contributed by atoms with Crippen molar-refractivity contribution in [1.82, 2.24) is 10.3 Å². The Morgan fingerprint density at radius 1 is 1.48 bits per heavy atom. The fourth-order valence-corrected chi connectivity index (χ4v) is 3.32. The molecule has 3 heterocycles. The second-order valence-corrected chi connectivity index (χ2v) is 6.19. The molecule has 6 nitrogen and oxygen atoms in total. The molecule has 1 atom stereocenters. The third kappa shape index (κ3) is 3.31. The molecule has 8 heteroatoms. The normalized spacial score (nSPS) is 17.3. The lowest BCUT2D eigenvalue weighted by Gasteiger charge is -2.18. The van der Waals surface area contributed by atoms with Crippen molar-refractivity contribution < 1.29 is 14.0 Å². The maximum absolute atomic E-state index is 13.7. The van der Waals surface area contributed by atoms with Crippen LogP contribution in [0.1, 0.15) is 26.5 Å². The van der Waals surface area contributed by atoms with Crippen LogP contribution in [0.5, 0.6) is 0 Å². The van der Waals surface area contributed by atoms with E-state index in [0.717, 1.165) is 0 Å². The molecule has 1 fully saturated rings. The maximum atomic E-state index is 13.7. The molecule has 3 rings (SSSR count). The van der Waals surface area contributed by atoms with Crippen molar-refractivity contribution in [3.05, 3.63) is 46.0 Å². The van der Waals surface area contributed by atoms with Crippen molar-refractivity contribution in [3.63, 3.8) is 0 Å². The first-order valence-corrected chi connectivity index (χ1v) is 7.97. The number of hydrogen-bond donors (Lipinski definition) is 2. The molecule has 1 saturated heterocycles. The summed E-state index contributed by atoms with van der Waals surface area (Å²) in [4.78, 5) is 29.5. The molecule has 1 aliphatic heterocycles. The van der Waals surface area contributed by atoms with Gasteiger partial charge in [0.15, 0.2) is 11.6 Å². The minimum absolute atomic E-state index is 0.0944. The van der Waals surface area contributed by atoms with Crippen molar-refractivity contribution >= 4 is 29.0 Å². The van der Waals surface area contributed by atoms with Gasteiger partial charge in [0.2, 0.25) is 5.91 Å². The zero-order valence-electron chi connectivity index (χ0n) is 12.2. The van der Waals surface area contributed by atoms with E-state index in [1.54, 1.807) is 17.6 Å². The number of carbonyl (C=O) groups is 2. The summed E-state index contributed by atoms with van der Waals surface area (Å²) < 4.78 is 13.7. The van der Waals surface area contributed by atoms with Crippen LogP contribution in [0.25, 0.3) is 0 Å². The molecule has 2 aromatic heterocycles. The van der Waals surface area contributed by atoms with E-state index in [0.29, 0.717) is 35.8 Å². The number of aromatic nitrogens is 1. The van der Waals surface area contributed by atoms with E-state index in [1.807, 2.05) is 4.90 Å². The third-order valence-corrected chi connectivity index (χ3v) is 4.60. The van der Waals surface area contributed by atoms with Gasteiger partial charge in [-0.25, -0.2) is 9.37 Å². The molecular weight excluding hydrogens is 319 g/mol. The van der Waals surface area contributed by atoms with Gasteiger partial charge < -0.3 is 16.0 Å². The largest absolute Gasteiger partial charge is 0.366 e. The predicted octanol–water partition coefficient (Wildman–Crippen LogP) is 1.39. The number of primary amides is 1. The Hall–Kier alpha value is -2.48. The summed E-state index contributed by atoms with van der Waals surface area (Å²) in [6.07, 6.45) is 2.25. The first kappa shape index (κ1) is 15.4. The Labute approximate surface area is 136 Å². The second-order valence-electron chi connectivity index (χ2n) is 5.28. The van der Waals surface area contributed by atoms with Gasteiger partial charge in [0.25, 0.3) is 5.91 Å². The average molecular weight is 334 g/mol. The average Bonchev–Trinajstić information content (AvgIpc) is 3.16. The molecule has 1 aliphatic rings. The molecule has 0 aliphatic carbocycles. The zero-order chi connectivity index (χ0) is 16.4. The Kier molecular flexibility index (Phi) is 4.24. The van der Waals surface area contributed by atoms with Crippen LogP contribution in [0, 0.1) is 5.82 Å². The van der Waals surface area contributed by atoms with Gasteiger partial charge in [0.1, 0.15) is 0 Å². The fraction of sp³-hybridized carbons (Fsp3) is 0.267. The zero-order valence-corrected chi connectivity index (χ0v) is 13.0. The van der Waals surface area contributed by atoms with E-state index in [1.165, 1.54) is 23.5 Å². The maximum Gasteiger partial charge on any atom is 0.261 e. The highest BCUT2D eigenvalue weighted by molar-refractivity contribution is 7.12. The third-order valence-electron chi connectivity index (χ3n) is 3.67. The molecule has 1 unspecified atom stereocenters. The Morgan fingerprint density at radius 2 is 2.30 bits per heavy atom. The number of nitrogens with two attached hydrogens (primary N) is 1. The number of thiophene rings is 1.